The number of carbonyl (C=O) groups excluding carboxylic acids is 2. The first-order valence-electron chi connectivity index (χ1n) is 9.65. The van der Waals surface area contributed by atoms with Crippen LogP contribution in [-0.4, -0.2) is 62.1 Å². The van der Waals surface area contributed by atoms with Crippen LogP contribution in [0.3, 0.4) is 0 Å². The number of amides is 2. The number of piperazine rings is 1. The highest BCUT2D eigenvalue weighted by molar-refractivity contribution is 5.91. The topological polar surface area (TPSA) is 72.3 Å². The van der Waals surface area contributed by atoms with Gasteiger partial charge in [-0.3, -0.25) is 9.59 Å². The predicted octanol–water partition coefficient (Wildman–Crippen LogP) is 0.331. The zero-order valence-electron chi connectivity index (χ0n) is 15.9. The lowest BCUT2D eigenvalue weighted by atomic mass is 10.2. The molecule has 29 heavy (non-hydrogen) atoms. The lowest BCUT2D eigenvalue weighted by Gasteiger charge is -2.35. The fraction of sp³-hybridized carbons (Fsp3) is 0.333. The Bertz CT molecular complexity index is 882. The van der Waals surface area contributed by atoms with Crippen molar-refractivity contribution in [3.05, 3.63) is 54.3 Å². The minimum absolute atomic E-state index is 0.0886. The van der Waals surface area contributed by atoms with Crippen molar-refractivity contribution in [2.75, 3.05) is 44.6 Å². The largest absolute Gasteiger partial charge is 0.485 e. The van der Waals surface area contributed by atoms with Crippen LogP contribution in [0.5, 0.6) is 11.5 Å². The first-order chi connectivity index (χ1) is 14.1. The normalized spacial score (nSPS) is 18.9. The number of anilines is 1. The summed E-state index contributed by atoms with van der Waals surface area (Å²) >= 11 is 0. The molecule has 1 saturated heterocycles. The molecule has 152 valence electrons. The van der Waals surface area contributed by atoms with Gasteiger partial charge < -0.3 is 24.6 Å². The number of para-hydroxylation sites is 2. The second kappa shape index (κ2) is 8.48. The van der Waals surface area contributed by atoms with Gasteiger partial charge in [-0.05, 0) is 36.4 Å². The van der Waals surface area contributed by atoms with E-state index in [-0.39, 0.29) is 24.2 Å². The van der Waals surface area contributed by atoms with Crippen molar-refractivity contribution < 1.29 is 28.4 Å². The summed E-state index contributed by atoms with van der Waals surface area (Å²) in [7, 11) is 0. The number of nitrogens with zero attached hydrogens (tertiary/aromatic N) is 1. The molecule has 7 nitrogen and oxygen atoms in total. The number of fused-ring (bicyclic) bond motifs is 1. The maximum absolute atomic E-state index is 12.9. The standard InChI is InChI=1S/C21H22FN3O4/c22-15-5-7-16(8-6-15)23-20(26)13-24-9-11-25(12-10-24)21(27)19-14-28-17-3-1-2-4-18(17)29-19/h1-8,19H,9-14H2,(H,23,26)/p+1/t19-/m1/s1. The van der Waals surface area contributed by atoms with E-state index < -0.39 is 6.10 Å². The average molecular weight is 400 g/mol. The number of halogens is 1. The molecule has 2 amide bonds. The number of quaternary nitrogens is 1. The lowest BCUT2D eigenvalue weighted by Crippen LogP contribution is -3.15. The molecule has 2 aliphatic heterocycles. The van der Waals surface area contributed by atoms with E-state index in [1.165, 1.54) is 24.3 Å². The summed E-state index contributed by atoms with van der Waals surface area (Å²) in [5, 5.41) is 2.77. The van der Waals surface area contributed by atoms with Gasteiger partial charge in [-0.25, -0.2) is 4.39 Å². The molecule has 8 heteroatoms. The Labute approximate surface area is 168 Å². The van der Waals surface area contributed by atoms with Crippen LogP contribution < -0.4 is 19.7 Å². The summed E-state index contributed by atoms with van der Waals surface area (Å²) in [4.78, 5) is 27.8. The van der Waals surface area contributed by atoms with Crippen LogP contribution in [0.15, 0.2) is 48.5 Å². The minimum atomic E-state index is -0.645. The fourth-order valence-electron chi connectivity index (χ4n) is 3.53. The number of benzene rings is 2. The molecule has 1 atom stereocenters. The molecular formula is C21H23FN3O4+. The summed E-state index contributed by atoms with van der Waals surface area (Å²) in [6, 6.07) is 13.0. The van der Waals surface area contributed by atoms with Crippen LogP contribution in [0.1, 0.15) is 0 Å². The van der Waals surface area contributed by atoms with Crippen molar-refractivity contribution in [2.45, 2.75) is 6.10 Å². The Morgan fingerprint density at radius 1 is 1.07 bits per heavy atom. The second-order valence-electron chi connectivity index (χ2n) is 7.17. The Morgan fingerprint density at radius 3 is 2.48 bits per heavy atom. The molecule has 0 spiro atoms. The van der Waals surface area contributed by atoms with E-state index in [9.17, 15) is 14.0 Å². The maximum Gasteiger partial charge on any atom is 0.279 e. The van der Waals surface area contributed by atoms with Gasteiger partial charge in [0.15, 0.2) is 18.0 Å². The number of nitrogens with one attached hydrogen (secondary N) is 2. The van der Waals surface area contributed by atoms with Crippen molar-refractivity contribution in [2.24, 2.45) is 0 Å². The van der Waals surface area contributed by atoms with Gasteiger partial charge in [0.25, 0.3) is 11.8 Å². The van der Waals surface area contributed by atoms with Crippen LogP contribution in [0, 0.1) is 5.82 Å². The van der Waals surface area contributed by atoms with Crippen LogP contribution >= 0.6 is 0 Å². The quantitative estimate of drug-likeness (QED) is 0.776. The molecule has 0 bridgehead atoms. The summed E-state index contributed by atoms with van der Waals surface area (Å²) in [5.74, 6) is 0.670. The molecule has 2 aliphatic rings. The van der Waals surface area contributed by atoms with E-state index in [2.05, 4.69) is 5.32 Å². The maximum atomic E-state index is 12.9. The molecule has 0 aliphatic carbocycles. The number of ether oxygens (including phenoxy) is 2. The third-order valence-corrected chi connectivity index (χ3v) is 5.10. The van der Waals surface area contributed by atoms with E-state index in [1.54, 1.807) is 11.0 Å². The molecule has 2 aromatic rings. The second-order valence-corrected chi connectivity index (χ2v) is 7.17. The van der Waals surface area contributed by atoms with Gasteiger partial charge in [-0.2, -0.15) is 0 Å². The first-order valence-corrected chi connectivity index (χ1v) is 9.65. The lowest BCUT2D eigenvalue weighted by molar-refractivity contribution is -0.895. The van der Waals surface area contributed by atoms with E-state index in [0.29, 0.717) is 49.9 Å². The third kappa shape index (κ3) is 4.65. The number of hydrogen-bond donors (Lipinski definition) is 2. The summed E-state index contributed by atoms with van der Waals surface area (Å²) in [6.07, 6.45) is -0.645. The predicted molar refractivity (Wildman–Crippen MR) is 104 cm³/mol. The molecule has 4 rings (SSSR count). The molecule has 0 radical (unpaired) electrons. The van der Waals surface area contributed by atoms with Crippen molar-refractivity contribution in [1.29, 1.82) is 0 Å². The van der Waals surface area contributed by atoms with Crippen molar-refractivity contribution in [1.82, 2.24) is 4.90 Å². The average Bonchev–Trinajstić information content (AvgIpc) is 2.75. The summed E-state index contributed by atoms with van der Waals surface area (Å²) < 4.78 is 24.4. The first kappa shape index (κ1) is 19.2. The fourth-order valence-corrected chi connectivity index (χ4v) is 3.53. The van der Waals surface area contributed by atoms with Gasteiger partial charge in [0.2, 0.25) is 6.10 Å². The van der Waals surface area contributed by atoms with Crippen LogP contribution in [0.4, 0.5) is 10.1 Å². The molecule has 2 heterocycles. The van der Waals surface area contributed by atoms with E-state index in [1.807, 2.05) is 18.2 Å². The SMILES string of the molecule is O=C(C[NH+]1CCN(C(=O)[C@H]2COc3ccccc3O2)CC1)Nc1ccc(F)cc1. The van der Waals surface area contributed by atoms with Gasteiger partial charge >= 0.3 is 0 Å². The molecule has 2 aromatic carbocycles. The van der Waals surface area contributed by atoms with Gasteiger partial charge in [0.05, 0.1) is 26.2 Å². The Morgan fingerprint density at radius 2 is 1.76 bits per heavy atom. The van der Waals surface area contributed by atoms with Gasteiger partial charge in [0.1, 0.15) is 12.4 Å². The molecular weight excluding hydrogens is 377 g/mol. The highest BCUT2D eigenvalue weighted by Gasteiger charge is 2.34. The van der Waals surface area contributed by atoms with Crippen LogP contribution in [0.2, 0.25) is 0 Å². The number of rotatable bonds is 4. The third-order valence-electron chi connectivity index (χ3n) is 5.10. The zero-order valence-corrected chi connectivity index (χ0v) is 15.9. The Balaban J connectivity index is 1.24. The van der Waals surface area contributed by atoms with Crippen LogP contribution in [-0.2, 0) is 9.59 Å². The highest BCUT2D eigenvalue weighted by Crippen LogP contribution is 2.31. The van der Waals surface area contributed by atoms with Crippen molar-refractivity contribution in [3.8, 4) is 11.5 Å². The summed E-state index contributed by atoms with van der Waals surface area (Å²) in [5.41, 5.74) is 0.569. The summed E-state index contributed by atoms with van der Waals surface area (Å²) in [6.45, 7) is 2.96. The Kier molecular flexibility index (Phi) is 5.62. The van der Waals surface area contributed by atoms with Crippen LogP contribution in [0.25, 0.3) is 0 Å². The molecule has 1 fully saturated rings. The smallest absolute Gasteiger partial charge is 0.279 e. The molecule has 0 unspecified atom stereocenters. The van der Waals surface area contributed by atoms with E-state index in [4.69, 9.17) is 9.47 Å². The van der Waals surface area contributed by atoms with Crippen molar-refractivity contribution in [3.63, 3.8) is 0 Å². The minimum Gasteiger partial charge on any atom is -0.485 e. The highest BCUT2D eigenvalue weighted by atomic mass is 19.1. The molecule has 0 saturated carbocycles. The van der Waals surface area contributed by atoms with Crippen molar-refractivity contribution >= 4 is 17.5 Å². The molecule has 2 N–H and O–H groups in total. The van der Waals surface area contributed by atoms with Gasteiger partial charge in [-0.15, -0.1) is 0 Å². The number of hydrogen-bond acceptors (Lipinski definition) is 4. The zero-order chi connectivity index (χ0) is 20.2. The molecule has 0 aromatic heterocycles. The van der Waals surface area contributed by atoms with Gasteiger partial charge in [0, 0.05) is 5.69 Å². The van der Waals surface area contributed by atoms with E-state index in [0.717, 1.165) is 4.90 Å². The monoisotopic (exact) mass is 400 g/mol. The van der Waals surface area contributed by atoms with Gasteiger partial charge in [-0.1, -0.05) is 12.1 Å². The Hall–Kier alpha value is -3.13. The number of carbonyl (C=O) groups is 2. The van der Waals surface area contributed by atoms with E-state index >= 15 is 0 Å².